The van der Waals surface area contributed by atoms with Crippen molar-refractivity contribution in [2.24, 2.45) is 4.99 Å². The molecule has 1 rings (SSSR count). The van der Waals surface area contributed by atoms with E-state index in [4.69, 9.17) is 0 Å². The second-order valence-electron chi connectivity index (χ2n) is 6.24. The number of nitrogens with one attached hydrogen (secondary N) is 2. The Morgan fingerprint density at radius 1 is 1.19 bits per heavy atom. The Bertz CT molecular complexity index is 410. The van der Waals surface area contributed by atoms with E-state index in [0.717, 1.165) is 25.5 Å². The monoisotopic (exact) mass is 403 g/mol. The van der Waals surface area contributed by atoms with E-state index in [1.54, 1.807) is 0 Å². The molecule has 0 aromatic heterocycles. The summed E-state index contributed by atoms with van der Waals surface area (Å²) >= 11 is 0. The fraction of sp³-hybridized carbons (Fsp3) is 0.588. The average molecular weight is 403 g/mol. The highest BCUT2D eigenvalue weighted by Gasteiger charge is 2.11. The smallest absolute Gasteiger partial charge is 0.191 e. The second kappa shape index (κ2) is 10.0. The van der Waals surface area contributed by atoms with Crippen LogP contribution in [0.15, 0.2) is 35.3 Å². The molecule has 1 unspecified atom stereocenters. The van der Waals surface area contributed by atoms with Crippen molar-refractivity contribution < 1.29 is 0 Å². The highest BCUT2D eigenvalue weighted by atomic mass is 127. The molecule has 0 bridgehead atoms. The van der Waals surface area contributed by atoms with Gasteiger partial charge in [-0.3, -0.25) is 4.99 Å². The van der Waals surface area contributed by atoms with Gasteiger partial charge < -0.3 is 10.6 Å². The molecule has 1 atom stereocenters. The van der Waals surface area contributed by atoms with Gasteiger partial charge in [0.25, 0.3) is 0 Å². The Hall–Kier alpha value is -0.780. The number of hydrogen-bond donors (Lipinski definition) is 2. The normalized spacial score (nSPS) is 13.3. The molecule has 0 saturated carbocycles. The number of guanidine groups is 1. The summed E-state index contributed by atoms with van der Waals surface area (Å²) in [5.41, 5.74) is 1.42. The molecule has 0 aliphatic carbocycles. The van der Waals surface area contributed by atoms with Crippen LogP contribution in [0.1, 0.15) is 52.5 Å². The van der Waals surface area contributed by atoms with E-state index in [0.29, 0.717) is 5.92 Å². The van der Waals surface area contributed by atoms with Crippen molar-refractivity contribution in [3.8, 4) is 0 Å². The van der Waals surface area contributed by atoms with Gasteiger partial charge in [0.1, 0.15) is 0 Å². The molecule has 0 aliphatic rings. The van der Waals surface area contributed by atoms with E-state index in [1.807, 2.05) is 0 Å². The molecule has 3 nitrogen and oxygen atoms in total. The standard InChI is InChI=1S/C17H29N3.HI/c1-6-18-16(20-17(3,4)5)19-13-12-14(2)15-10-8-7-9-11-15;/h7-11,14H,6,12-13H2,1-5H3,(H2,18,19,20);1H. The quantitative estimate of drug-likeness (QED) is 0.440. The summed E-state index contributed by atoms with van der Waals surface area (Å²) in [6, 6.07) is 10.6. The Kier molecular flexibility index (Phi) is 9.66. The second-order valence-corrected chi connectivity index (χ2v) is 6.24. The van der Waals surface area contributed by atoms with Crippen molar-refractivity contribution in [1.29, 1.82) is 0 Å². The number of benzene rings is 1. The number of rotatable bonds is 5. The van der Waals surface area contributed by atoms with Crippen LogP contribution in [0.25, 0.3) is 0 Å². The Morgan fingerprint density at radius 2 is 1.81 bits per heavy atom. The lowest BCUT2D eigenvalue weighted by Crippen LogP contribution is -2.47. The molecule has 0 heterocycles. The van der Waals surface area contributed by atoms with Gasteiger partial charge in [-0.25, -0.2) is 0 Å². The minimum Gasteiger partial charge on any atom is -0.357 e. The number of nitrogens with zero attached hydrogens (tertiary/aromatic N) is 1. The molecule has 0 spiro atoms. The first-order chi connectivity index (χ1) is 9.42. The van der Waals surface area contributed by atoms with Crippen molar-refractivity contribution in [3.63, 3.8) is 0 Å². The summed E-state index contributed by atoms with van der Waals surface area (Å²) < 4.78 is 0. The lowest BCUT2D eigenvalue weighted by atomic mass is 9.98. The third-order valence-corrected chi connectivity index (χ3v) is 3.04. The van der Waals surface area contributed by atoms with E-state index in [1.165, 1.54) is 5.56 Å². The molecule has 4 heteroatoms. The summed E-state index contributed by atoms with van der Waals surface area (Å²) in [7, 11) is 0. The van der Waals surface area contributed by atoms with Gasteiger partial charge in [0, 0.05) is 18.6 Å². The van der Waals surface area contributed by atoms with Crippen molar-refractivity contribution in [2.45, 2.75) is 52.5 Å². The maximum Gasteiger partial charge on any atom is 0.191 e. The first-order valence-electron chi connectivity index (χ1n) is 7.54. The topological polar surface area (TPSA) is 36.4 Å². The maximum absolute atomic E-state index is 4.66. The predicted octanol–water partition coefficient (Wildman–Crippen LogP) is 4.15. The van der Waals surface area contributed by atoms with Gasteiger partial charge in [-0.15, -0.1) is 24.0 Å². The Balaban J connectivity index is 0.00000400. The highest BCUT2D eigenvalue weighted by Crippen LogP contribution is 2.18. The van der Waals surface area contributed by atoms with Crippen LogP contribution in [0.3, 0.4) is 0 Å². The average Bonchev–Trinajstić information content (AvgIpc) is 2.38. The first-order valence-corrected chi connectivity index (χ1v) is 7.54. The van der Waals surface area contributed by atoms with Crippen LogP contribution in [-0.4, -0.2) is 24.6 Å². The first kappa shape index (κ1) is 20.2. The minimum atomic E-state index is 0. The lowest BCUT2D eigenvalue weighted by Gasteiger charge is -2.23. The van der Waals surface area contributed by atoms with Crippen molar-refractivity contribution in [1.82, 2.24) is 10.6 Å². The van der Waals surface area contributed by atoms with E-state index >= 15 is 0 Å². The SMILES string of the molecule is CCNC(=NCCC(C)c1ccccc1)NC(C)(C)C.I. The van der Waals surface area contributed by atoms with E-state index in [9.17, 15) is 0 Å². The van der Waals surface area contributed by atoms with Gasteiger partial charge in [-0.2, -0.15) is 0 Å². The summed E-state index contributed by atoms with van der Waals surface area (Å²) in [6.45, 7) is 12.5. The maximum atomic E-state index is 4.66. The molecule has 120 valence electrons. The number of aliphatic imine (C=N–C) groups is 1. The lowest BCUT2D eigenvalue weighted by molar-refractivity contribution is 0.501. The van der Waals surface area contributed by atoms with Crippen molar-refractivity contribution in [2.75, 3.05) is 13.1 Å². The summed E-state index contributed by atoms with van der Waals surface area (Å²) in [6.07, 6.45) is 1.06. The van der Waals surface area contributed by atoms with Crippen LogP contribution >= 0.6 is 24.0 Å². The molecule has 0 aliphatic heterocycles. The minimum absolute atomic E-state index is 0. The molecule has 0 amide bonds. The van der Waals surface area contributed by atoms with Crippen LogP contribution in [-0.2, 0) is 0 Å². The van der Waals surface area contributed by atoms with Gasteiger partial charge in [-0.1, -0.05) is 37.3 Å². The van der Waals surface area contributed by atoms with Gasteiger partial charge in [-0.05, 0) is 45.6 Å². The molecular weight excluding hydrogens is 373 g/mol. The van der Waals surface area contributed by atoms with E-state index < -0.39 is 0 Å². The van der Waals surface area contributed by atoms with Crippen molar-refractivity contribution >= 4 is 29.9 Å². The molecule has 0 fully saturated rings. The van der Waals surface area contributed by atoms with Crippen LogP contribution in [0.4, 0.5) is 0 Å². The zero-order valence-electron chi connectivity index (χ0n) is 13.9. The van der Waals surface area contributed by atoms with Gasteiger partial charge in [0.05, 0.1) is 0 Å². The third-order valence-electron chi connectivity index (χ3n) is 3.04. The Labute approximate surface area is 147 Å². The fourth-order valence-electron chi connectivity index (χ4n) is 1.98. The predicted molar refractivity (Wildman–Crippen MR) is 104 cm³/mol. The molecule has 0 saturated heterocycles. The summed E-state index contributed by atoms with van der Waals surface area (Å²) in [5, 5.41) is 6.70. The van der Waals surface area contributed by atoms with Gasteiger partial charge in [0.15, 0.2) is 5.96 Å². The van der Waals surface area contributed by atoms with Crippen LogP contribution in [0, 0.1) is 0 Å². The fourth-order valence-corrected chi connectivity index (χ4v) is 1.98. The van der Waals surface area contributed by atoms with Gasteiger partial charge >= 0.3 is 0 Å². The largest absolute Gasteiger partial charge is 0.357 e. The molecule has 1 aromatic carbocycles. The van der Waals surface area contributed by atoms with Crippen LogP contribution in [0.5, 0.6) is 0 Å². The zero-order chi connectivity index (χ0) is 15.0. The molecule has 1 aromatic rings. The van der Waals surface area contributed by atoms with Crippen molar-refractivity contribution in [3.05, 3.63) is 35.9 Å². The Morgan fingerprint density at radius 3 is 2.33 bits per heavy atom. The van der Waals surface area contributed by atoms with E-state index in [-0.39, 0.29) is 29.5 Å². The van der Waals surface area contributed by atoms with Crippen LogP contribution < -0.4 is 10.6 Å². The summed E-state index contributed by atoms with van der Waals surface area (Å²) in [4.78, 5) is 4.66. The van der Waals surface area contributed by atoms with Crippen LogP contribution in [0.2, 0.25) is 0 Å². The highest BCUT2D eigenvalue weighted by molar-refractivity contribution is 14.0. The molecule has 0 radical (unpaired) electrons. The molecular formula is C17H30IN3. The summed E-state index contributed by atoms with van der Waals surface area (Å²) in [5.74, 6) is 1.44. The number of hydrogen-bond acceptors (Lipinski definition) is 1. The van der Waals surface area contributed by atoms with Gasteiger partial charge in [0.2, 0.25) is 0 Å². The van der Waals surface area contributed by atoms with E-state index in [2.05, 4.69) is 80.6 Å². The molecule has 2 N–H and O–H groups in total. The number of halogens is 1. The zero-order valence-corrected chi connectivity index (χ0v) is 16.3. The molecule has 21 heavy (non-hydrogen) atoms. The third kappa shape index (κ3) is 8.96.